The van der Waals surface area contributed by atoms with E-state index in [9.17, 15) is 4.39 Å². The quantitative estimate of drug-likeness (QED) is 0.446. The van der Waals surface area contributed by atoms with E-state index in [-0.39, 0.29) is 5.82 Å². The van der Waals surface area contributed by atoms with Crippen molar-refractivity contribution in [1.29, 1.82) is 0 Å². The highest BCUT2D eigenvalue weighted by atomic mass is 19.1. The molecule has 0 N–H and O–H groups in total. The summed E-state index contributed by atoms with van der Waals surface area (Å²) in [5.74, 6) is 0.354. The number of aryl methyl sites for hydroxylation is 2. The summed E-state index contributed by atoms with van der Waals surface area (Å²) >= 11 is 0. The van der Waals surface area contributed by atoms with Crippen LogP contribution in [-0.2, 0) is 13.2 Å². The predicted octanol–water partition coefficient (Wildman–Crippen LogP) is 5.73. The Balaban J connectivity index is 1.71. The first kappa shape index (κ1) is 18.2. The van der Waals surface area contributed by atoms with Crippen LogP contribution in [0.2, 0.25) is 0 Å². The molecule has 4 rings (SSSR count). The van der Waals surface area contributed by atoms with Crippen LogP contribution >= 0.6 is 0 Å². The van der Waals surface area contributed by atoms with Crippen LogP contribution < -0.4 is 4.74 Å². The lowest BCUT2D eigenvalue weighted by atomic mass is 10.1. The molecule has 2 aromatic heterocycles. The van der Waals surface area contributed by atoms with Crippen molar-refractivity contribution in [3.63, 3.8) is 0 Å². The molecule has 0 saturated heterocycles. The molecule has 0 bridgehead atoms. The van der Waals surface area contributed by atoms with Gasteiger partial charge in [0.05, 0.1) is 0 Å². The minimum absolute atomic E-state index is 0.248. The molecule has 0 aliphatic carbocycles. The number of nitrogens with zero attached hydrogens (tertiary/aromatic N) is 2. The molecular formula is C24H23FN2O. The number of pyridine rings is 1. The second-order valence-electron chi connectivity index (χ2n) is 7.21. The molecule has 0 saturated carbocycles. The third kappa shape index (κ3) is 3.50. The monoisotopic (exact) mass is 374 g/mol. The second kappa shape index (κ2) is 7.47. The first-order valence-corrected chi connectivity index (χ1v) is 9.40. The fraction of sp³-hybridized carbons (Fsp3) is 0.208. The summed E-state index contributed by atoms with van der Waals surface area (Å²) in [7, 11) is 0. The molecule has 142 valence electrons. The Morgan fingerprint density at radius 3 is 2.29 bits per heavy atom. The van der Waals surface area contributed by atoms with E-state index in [4.69, 9.17) is 4.74 Å². The van der Waals surface area contributed by atoms with Gasteiger partial charge in [0.2, 0.25) is 5.88 Å². The number of ether oxygens (including phenoxy) is 1. The molecule has 0 spiro atoms. The van der Waals surface area contributed by atoms with Crippen LogP contribution in [0.3, 0.4) is 0 Å². The molecule has 0 aliphatic heterocycles. The number of benzene rings is 2. The van der Waals surface area contributed by atoms with Gasteiger partial charge < -0.3 is 9.30 Å². The zero-order valence-electron chi connectivity index (χ0n) is 16.4. The maximum absolute atomic E-state index is 13.1. The molecule has 0 unspecified atom stereocenters. The fourth-order valence-corrected chi connectivity index (χ4v) is 3.47. The Bertz CT molecular complexity index is 1110. The van der Waals surface area contributed by atoms with E-state index in [1.165, 1.54) is 34.5 Å². The van der Waals surface area contributed by atoms with Crippen LogP contribution in [0.25, 0.3) is 10.9 Å². The van der Waals surface area contributed by atoms with Gasteiger partial charge in [-0.1, -0.05) is 42.0 Å². The average Bonchev–Trinajstić information content (AvgIpc) is 2.95. The minimum Gasteiger partial charge on any atom is -0.471 e. The Hall–Kier alpha value is -3.14. The molecule has 4 aromatic rings. The van der Waals surface area contributed by atoms with Gasteiger partial charge in [0.25, 0.3) is 0 Å². The number of hydrogen-bond donors (Lipinski definition) is 0. The van der Waals surface area contributed by atoms with Gasteiger partial charge >= 0.3 is 0 Å². The Morgan fingerprint density at radius 2 is 1.57 bits per heavy atom. The molecule has 4 heteroatoms. The van der Waals surface area contributed by atoms with Gasteiger partial charge in [-0.25, -0.2) is 9.37 Å². The van der Waals surface area contributed by atoms with E-state index in [0.29, 0.717) is 12.5 Å². The van der Waals surface area contributed by atoms with Crippen molar-refractivity contribution in [3.05, 3.63) is 94.6 Å². The zero-order valence-corrected chi connectivity index (χ0v) is 16.4. The summed E-state index contributed by atoms with van der Waals surface area (Å²) in [6, 6.07) is 17.0. The maximum Gasteiger partial charge on any atom is 0.238 e. The smallest absolute Gasteiger partial charge is 0.238 e. The van der Waals surface area contributed by atoms with Crippen LogP contribution in [0.4, 0.5) is 4.39 Å². The molecule has 0 fully saturated rings. The van der Waals surface area contributed by atoms with E-state index >= 15 is 0 Å². The van der Waals surface area contributed by atoms with Gasteiger partial charge in [-0.15, -0.1) is 0 Å². The molecule has 0 atom stereocenters. The lowest BCUT2D eigenvalue weighted by molar-refractivity contribution is 0.296. The first-order chi connectivity index (χ1) is 13.5. The van der Waals surface area contributed by atoms with Crippen molar-refractivity contribution < 1.29 is 9.13 Å². The van der Waals surface area contributed by atoms with Gasteiger partial charge in [0.15, 0.2) is 0 Å². The lowest BCUT2D eigenvalue weighted by Gasteiger charge is -2.12. The number of rotatable bonds is 5. The molecule has 0 aliphatic rings. The van der Waals surface area contributed by atoms with Crippen molar-refractivity contribution in [1.82, 2.24) is 9.55 Å². The summed E-state index contributed by atoms with van der Waals surface area (Å²) in [5.41, 5.74) is 6.83. The number of aromatic nitrogens is 2. The zero-order chi connectivity index (χ0) is 19.7. The third-order valence-corrected chi connectivity index (χ3v) is 5.26. The SMILES string of the molecule is Cc1ccc(Cn2c(C)c(C)c3ccnc(OCc4ccc(F)cc4)c32)cc1. The highest BCUT2D eigenvalue weighted by molar-refractivity contribution is 5.89. The van der Waals surface area contributed by atoms with Crippen LogP contribution in [0.5, 0.6) is 5.88 Å². The second-order valence-corrected chi connectivity index (χ2v) is 7.21. The molecule has 2 heterocycles. The standard InChI is InChI=1S/C24H23FN2O/c1-16-4-6-19(7-5-16)14-27-18(3)17(2)22-12-13-26-24(23(22)27)28-15-20-8-10-21(25)11-9-20/h4-13H,14-15H2,1-3H3. The normalized spacial score (nSPS) is 11.1. The topological polar surface area (TPSA) is 27.1 Å². The van der Waals surface area contributed by atoms with Crippen LogP contribution in [-0.4, -0.2) is 9.55 Å². The molecule has 2 aromatic carbocycles. The van der Waals surface area contributed by atoms with Gasteiger partial charge in [-0.3, -0.25) is 0 Å². The third-order valence-electron chi connectivity index (χ3n) is 5.26. The Labute approximate surface area is 164 Å². The predicted molar refractivity (Wildman–Crippen MR) is 110 cm³/mol. The molecule has 0 amide bonds. The van der Waals surface area contributed by atoms with E-state index < -0.39 is 0 Å². The number of hydrogen-bond acceptors (Lipinski definition) is 2. The van der Waals surface area contributed by atoms with Gasteiger partial charge in [-0.2, -0.15) is 0 Å². The maximum atomic E-state index is 13.1. The van der Waals surface area contributed by atoms with E-state index in [0.717, 1.165) is 23.0 Å². The Kier molecular flexibility index (Phi) is 4.86. The van der Waals surface area contributed by atoms with Crippen LogP contribution in [0, 0.1) is 26.6 Å². The molecule has 3 nitrogen and oxygen atoms in total. The number of halogens is 1. The lowest BCUT2D eigenvalue weighted by Crippen LogP contribution is -2.05. The minimum atomic E-state index is -0.248. The van der Waals surface area contributed by atoms with E-state index in [1.54, 1.807) is 18.3 Å². The first-order valence-electron chi connectivity index (χ1n) is 9.40. The largest absolute Gasteiger partial charge is 0.471 e. The van der Waals surface area contributed by atoms with Crippen LogP contribution in [0.15, 0.2) is 60.8 Å². The van der Waals surface area contributed by atoms with Gasteiger partial charge in [0.1, 0.15) is 17.9 Å². The van der Waals surface area contributed by atoms with Crippen molar-refractivity contribution >= 4 is 10.9 Å². The molecular weight excluding hydrogens is 351 g/mol. The summed E-state index contributed by atoms with van der Waals surface area (Å²) in [5, 5.41) is 1.15. The Morgan fingerprint density at radius 1 is 0.893 bits per heavy atom. The van der Waals surface area contributed by atoms with Crippen molar-refractivity contribution in [2.24, 2.45) is 0 Å². The van der Waals surface area contributed by atoms with Crippen molar-refractivity contribution in [2.75, 3.05) is 0 Å². The highest BCUT2D eigenvalue weighted by Gasteiger charge is 2.16. The summed E-state index contributed by atoms with van der Waals surface area (Å²) in [6.45, 7) is 7.46. The van der Waals surface area contributed by atoms with Gasteiger partial charge in [-0.05, 0) is 55.7 Å². The summed E-state index contributed by atoms with van der Waals surface area (Å²) in [4.78, 5) is 4.49. The van der Waals surface area contributed by atoms with E-state index in [1.807, 2.05) is 6.07 Å². The molecule has 0 radical (unpaired) electrons. The summed E-state index contributed by atoms with van der Waals surface area (Å²) in [6.07, 6.45) is 1.78. The van der Waals surface area contributed by atoms with Crippen LogP contribution in [0.1, 0.15) is 27.9 Å². The average molecular weight is 374 g/mol. The number of fused-ring (bicyclic) bond motifs is 1. The van der Waals surface area contributed by atoms with E-state index in [2.05, 4.69) is 54.6 Å². The van der Waals surface area contributed by atoms with Crippen molar-refractivity contribution in [2.45, 2.75) is 33.9 Å². The fourth-order valence-electron chi connectivity index (χ4n) is 3.47. The molecule has 28 heavy (non-hydrogen) atoms. The summed E-state index contributed by atoms with van der Waals surface area (Å²) < 4.78 is 21.5. The highest BCUT2D eigenvalue weighted by Crippen LogP contribution is 2.32. The van der Waals surface area contributed by atoms with Crippen molar-refractivity contribution in [3.8, 4) is 5.88 Å². The van der Waals surface area contributed by atoms with Gasteiger partial charge in [0, 0.05) is 23.8 Å².